The standard InChI is InChI=1S/C28H30F4N2O6S/c1-3-4-5-11-40-23-14-20(22(39-2)15-21(23)29)26(35)34-25-17-10-9-16(12-17)24(25)27(36)33-18-7-6-8-19(13-18)41(37,38)28(30,31)32/h6-10,13-17,24-25H,3-5,11-12H2,1-2H3,(H,33,36)(H,34,35)/t16-,17+,24+,25-/m1/s1. The second-order valence-electron chi connectivity index (χ2n) is 9.98. The summed E-state index contributed by atoms with van der Waals surface area (Å²) in [5.74, 6) is -3.31. The normalized spacial score (nSPS) is 21.5. The third-order valence-corrected chi connectivity index (χ3v) is 8.76. The minimum atomic E-state index is -5.61. The Morgan fingerprint density at radius 1 is 1.05 bits per heavy atom. The number of unbranched alkanes of at least 4 members (excludes halogenated alkanes) is 2. The van der Waals surface area contributed by atoms with Crippen LogP contribution in [-0.2, 0) is 14.6 Å². The lowest BCUT2D eigenvalue weighted by Crippen LogP contribution is -2.47. The van der Waals surface area contributed by atoms with Gasteiger partial charge in [0.1, 0.15) is 5.75 Å². The number of allylic oxidation sites excluding steroid dienone is 1. The van der Waals surface area contributed by atoms with E-state index in [4.69, 9.17) is 9.47 Å². The third kappa shape index (κ3) is 6.34. The first-order chi connectivity index (χ1) is 19.4. The van der Waals surface area contributed by atoms with Crippen LogP contribution >= 0.6 is 0 Å². The second-order valence-corrected chi connectivity index (χ2v) is 11.9. The maximum Gasteiger partial charge on any atom is 0.501 e. The number of halogens is 4. The van der Waals surface area contributed by atoms with Crippen LogP contribution in [0.4, 0.5) is 23.2 Å². The summed E-state index contributed by atoms with van der Waals surface area (Å²) in [5, 5.41) is 5.34. The van der Waals surface area contributed by atoms with Crippen molar-refractivity contribution < 1.29 is 45.0 Å². The van der Waals surface area contributed by atoms with Crippen LogP contribution in [0, 0.1) is 23.6 Å². The quantitative estimate of drug-likeness (QED) is 0.208. The molecule has 2 N–H and O–H groups in total. The van der Waals surface area contributed by atoms with E-state index >= 15 is 0 Å². The summed E-state index contributed by atoms with van der Waals surface area (Å²) in [6, 6.07) is 5.51. The van der Waals surface area contributed by atoms with E-state index in [1.165, 1.54) is 19.2 Å². The summed E-state index contributed by atoms with van der Waals surface area (Å²) in [5.41, 5.74) is -5.63. The number of methoxy groups -OCH3 is 1. The van der Waals surface area contributed by atoms with Gasteiger partial charge in [-0.1, -0.05) is 38.0 Å². The number of hydrogen-bond acceptors (Lipinski definition) is 6. The molecule has 0 heterocycles. The molecular formula is C28H30F4N2O6S. The van der Waals surface area contributed by atoms with Gasteiger partial charge in [-0.2, -0.15) is 13.2 Å². The molecule has 0 aromatic heterocycles. The van der Waals surface area contributed by atoms with Crippen molar-refractivity contribution in [1.82, 2.24) is 5.32 Å². The molecule has 8 nitrogen and oxygen atoms in total. The smallest absolute Gasteiger partial charge is 0.496 e. The highest BCUT2D eigenvalue weighted by Crippen LogP contribution is 2.44. The Labute approximate surface area is 235 Å². The first kappa shape index (κ1) is 30.4. The summed E-state index contributed by atoms with van der Waals surface area (Å²) in [6.07, 6.45) is 6.82. The fourth-order valence-electron chi connectivity index (χ4n) is 5.23. The third-order valence-electron chi connectivity index (χ3n) is 7.28. The van der Waals surface area contributed by atoms with Crippen molar-refractivity contribution in [2.45, 2.75) is 49.1 Å². The molecular weight excluding hydrogens is 568 g/mol. The number of ether oxygens (including phenoxy) is 2. The van der Waals surface area contributed by atoms with Gasteiger partial charge in [-0.05, 0) is 48.9 Å². The molecule has 2 aromatic carbocycles. The van der Waals surface area contributed by atoms with E-state index in [0.717, 1.165) is 37.1 Å². The minimum Gasteiger partial charge on any atom is -0.496 e. The van der Waals surface area contributed by atoms with E-state index in [9.17, 15) is 35.6 Å². The number of amides is 2. The molecule has 2 bridgehead atoms. The fourth-order valence-corrected chi connectivity index (χ4v) is 6.04. The van der Waals surface area contributed by atoms with E-state index in [1.807, 2.05) is 19.1 Å². The number of fused-ring (bicyclic) bond motifs is 2. The predicted octanol–water partition coefficient (Wildman–Crippen LogP) is 5.26. The highest BCUT2D eigenvalue weighted by molar-refractivity contribution is 7.92. The topological polar surface area (TPSA) is 111 Å². The van der Waals surface area contributed by atoms with Crippen molar-refractivity contribution in [1.29, 1.82) is 0 Å². The van der Waals surface area contributed by atoms with Gasteiger partial charge in [-0.3, -0.25) is 9.59 Å². The van der Waals surface area contributed by atoms with Crippen LogP contribution < -0.4 is 20.1 Å². The van der Waals surface area contributed by atoms with Crippen LogP contribution in [0.1, 0.15) is 43.0 Å². The van der Waals surface area contributed by atoms with Crippen LogP contribution in [0.5, 0.6) is 11.5 Å². The van der Waals surface area contributed by atoms with E-state index in [1.54, 1.807) is 0 Å². The van der Waals surface area contributed by atoms with Crippen LogP contribution in [0.2, 0.25) is 0 Å². The molecule has 0 unspecified atom stereocenters. The van der Waals surface area contributed by atoms with Crippen LogP contribution in [0.25, 0.3) is 0 Å². The largest absolute Gasteiger partial charge is 0.501 e. The van der Waals surface area contributed by atoms with Gasteiger partial charge in [0.2, 0.25) is 5.91 Å². The first-order valence-electron chi connectivity index (χ1n) is 13.1. The van der Waals surface area contributed by atoms with Crippen LogP contribution in [0.15, 0.2) is 53.4 Å². The van der Waals surface area contributed by atoms with Crippen molar-refractivity contribution in [2.75, 3.05) is 19.0 Å². The molecule has 2 aliphatic carbocycles. The molecule has 2 amide bonds. The van der Waals surface area contributed by atoms with Gasteiger partial charge in [-0.25, -0.2) is 12.8 Å². The van der Waals surface area contributed by atoms with Gasteiger partial charge in [0.05, 0.1) is 30.1 Å². The maximum absolute atomic E-state index is 14.6. The number of rotatable bonds is 11. The SMILES string of the molecule is CCCCCOc1cc(C(=O)N[C@H]2[C@@H](C(=O)Nc3cccc(S(=O)(=O)C(F)(F)F)c3)[C@@H]3C=C[C@H]2C3)c(OC)cc1F. The highest BCUT2D eigenvalue weighted by Gasteiger charge is 2.49. The second kappa shape index (κ2) is 12.1. The zero-order valence-corrected chi connectivity index (χ0v) is 23.1. The lowest BCUT2D eigenvalue weighted by Gasteiger charge is -2.28. The Hall–Kier alpha value is -3.61. The molecule has 222 valence electrons. The Kier molecular flexibility index (Phi) is 8.95. The van der Waals surface area contributed by atoms with E-state index < -0.39 is 49.8 Å². The van der Waals surface area contributed by atoms with E-state index in [0.29, 0.717) is 12.8 Å². The summed E-state index contributed by atoms with van der Waals surface area (Å²) in [6.45, 7) is 2.29. The molecule has 41 heavy (non-hydrogen) atoms. The van der Waals surface area contributed by atoms with Gasteiger partial charge >= 0.3 is 5.51 Å². The number of hydrogen-bond donors (Lipinski definition) is 2. The maximum atomic E-state index is 14.6. The molecule has 4 atom stereocenters. The zero-order valence-electron chi connectivity index (χ0n) is 22.3. The van der Waals surface area contributed by atoms with Crippen molar-refractivity contribution in [3.63, 3.8) is 0 Å². The number of benzene rings is 2. The van der Waals surface area contributed by atoms with Crippen LogP contribution in [0.3, 0.4) is 0 Å². The first-order valence-corrected chi connectivity index (χ1v) is 14.6. The summed E-state index contributed by atoms with van der Waals surface area (Å²) >= 11 is 0. The van der Waals surface area contributed by atoms with Crippen molar-refractivity contribution in [3.05, 3.63) is 59.9 Å². The van der Waals surface area contributed by atoms with Gasteiger partial charge in [0.15, 0.2) is 11.6 Å². The lowest BCUT2D eigenvalue weighted by atomic mass is 9.87. The Morgan fingerprint density at radius 2 is 1.78 bits per heavy atom. The molecule has 13 heteroatoms. The number of carbonyl (C=O) groups excluding carboxylic acids is 2. The van der Waals surface area contributed by atoms with E-state index in [-0.39, 0.29) is 41.2 Å². The van der Waals surface area contributed by atoms with Crippen LogP contribution in [-0.4, -0.2) is 45.5 Å². The molecule has 0 saturated heterocycles. The van der Waals surface area contributed by atoms with Gasteiger partial charge in [0.25, 0.3) is 15.7 Å². The molecule has 2 aliphatic rings. The average molecular weight is 599 g/mol. The average Bonchev–Trinajstić information content (AvgIpc) is 3.53. The number of carbonyl (C=O) groups is 2. The molecule has 2 aromatic rings. The number of anilines is 1. The molecule has 0 aliphatic heterocycles. The molecule has 1 fully saturated rings. The summed E-state index contributed by atoms with van der Waals surface area (Å²) in [4.78, 5) is 25.7. The van der Waals surface area contributed by atoms with Crippen molar-refractivity contribution in [2.24, 2.45) is 17.8 Å². The highest BCUT2D eigenvalue weighted by atomic mass is 32.2. The Morgan fingerprint density at radius 3 is 2.46 bits per heavy atom. The predicted molar refractivity (Wildman–Crippen MR) is 142 cm³/mol. The minimum absolute atomic E-state index is 0.00959. The Balaban J connectivity index is 1.53. The van der Waals surface area contributed by atoms with Gasteiger partial charge in [0, 0.05) is 17.8 Å². The summed E-state index contributed by atoms with van der Waals surface area (Å²) in [7, 11) is -4.32. The van der Waals surface area contributed by atoms with Crippen molar-refractivity contribution >= 4 is 27.3 Å². The number of nitrogens with one attached hydrogen (secondary N) is 2. The molecule has 0 radical (unpaired) electrons. The van der Waals surface area contributed by atoms with Gasteiger partial charge in [-0.15, -0.1) is 0 Å². The molecule has 1 saturated carbocycles. The zero-order chi connectivity index (χ0) is 29.9. The lowest BCUT2D eigenvalue weighted by molar-refractivity contribution is -0.121. The number of sulfone groups is 1. The number of alkyl halides is 3. The molecule has 0 spiro atoms. The van der Waals surface area contributed by atoms with E-state index in [2.05, 4.69) is 10.6 Å². The van der Waals surface area contributed by atoms with Gasteiger partial charge < -0.3 is 20.1 Å². The fraction of sp³-hybridized carbons (Fsp3) is 0.429. The summed E-state index contributed by atoms with van der Waals surface area (Å²) < 4.78 is 87.9. The monoisotopic (exact) mass is 598 g/mol. The van der Waals surface area contributed by atoms with Crippen molar-refractivity contribution in [3.8, 4) is 11.5 Å². The molecule has 4 rings (SSSR count). The Bertz CT molecular complexity index is 1440.